The molecule has 5 nitrogen and oxygen atoms in total. The van der Waals surface area contributed by atoms with Crippen LogP contribution in [0.3, 0.4) is 0 Å². The Morgan fingerprint density at radius 2 is 1.41 bits per heavy atom. The van der Waals surface area contributed by atoms with Crippen LogP contribution in [0.25, 0.3) is 10.9 Å². The zero-order valence-corrected chi connectivity index (χ0v) is 18.4. The number of aromatic hydroxyl groups is 1. The Labute approximate surface area is 190 Å². The molecule has 0 bridgehead atoms. The highest BCUT2D eigenvalue weighted by molar-refractivity contribution is 6.33. The van der Waals surface area contributed by atoms with Crippen molar-refractivity contribution in [2.75, 3.05) is 19.1 Å². The van der Waals surface area contributed by atoms with E-state index < -0.39 is 5.82 Å². The van der Waals surface area contributed by atoms with Crippen LogP contribution >= 0.6 is 11.6 Å². The van der Waals surface area contributed by atoms with Gasteiger partial charge in [-0.25, -0.2) is 9.37 Å². The third-order valence-electron chi connectivity index (χ3n) is 5.17. The number of phenolic OH excluding ortho intramolecular Hbond substituents is 1. The summed E-state index contributed by atoms with van der Waals surface area (Å²) in [5, 5.41) is 10.4. The van der Waals surface area contributed by atoms with Crippen molar-refractivity contribution in [2.24, 2.45) is 0 Å². The smallest absolute Gasteiger partial charge is 0.148 e. The SMILES string of the molecule is COc1ccc(CN(Cc2ccc(OC)cc2)c2nc3cc(O)cc(F)c3cc2Cl)cc1. The molecule has 3 aromatic carbocycles. The molecule has 0 radical (unpaired) electrons. The van der Waals surface area contributed by atoms with E-state index >= 15 is 0 Å². The summed E-state index contributed by atoms with van der Waals surface area (Å²) in [4.78, 5) is 6.61. The maximum absolute atomic E-state index is 14.3. The topological polar surface area (TPSA) is 54.8 Å². The van der Waals surface area contributed by atoms with E-state index in [1.54, 1.807) is 20.3 Å². The summed E-state index contributed by atoms with van der Waals surface area (Å²) in [5.41, 5.74) is 2.38. The van der Waals surface area contributed by atoms with E-state index in [9.17, 15) is 9.50 Å². The second-order valence-electron chi connectivity index (χ2n) is 7.34. The van der Waals surface area contributed by atoms with Gasteiger partial charge < -0.3 is 19.5 Å². The number of ether oxygens (including phenoxy) is 2. The van der Waals surface area contributed by atoms with Crippen molar-refractivity contribution in [3.63, 3.8) is 0 Å². The minimum atomic E-state index is -0.571. The lowest BCUT2D eigenvalue weighted by atomic mass is 10.1. The fourth-order valence-corrected chi connectivity index (χ4v) is 3.78. The summed E-state index contributed by atoms with van der Waals surface area (Å²) < 4.78 is 24.8. The summed E-state index contributed by atoms with van der Waals surface area (Å²) in [7, 11) is 3.25. The summed E-state index contributed by atoms with van der Waals surface area (Å²) in [6.45, 7) is 1.02. The summed E-state index contributed by atoms with van der Waals surface area (Å²) in [6, 6.07) is 19.5. The van der Waals surface area contributed by atoms with Crippen LogP contribution in [-0.2, 0) is 13.1 Å². The van der Waals surface area contributed by atoms with Crippen LogP contribution in [0.2, 0.25) is 5.02 Å². The third-order valence-corrected chi connectivity index (χ3v) is 5.45. The van der Waals surface area contributed by atoms with Crippen LogP contribution in [0.1, 0.15) is 11.1 Å². The van der Waals surface area contributed by atoms with E-state index in [-0.39, 0.29) is 11.1 Å². The van der Waals surface area contributed by atoms with Crippen molar-refractivity contribution in [1.29, 1.82) is 0 Å². The zero-order chi connectivity index (χ0) is 22.7. The first kappa shape index (κ1) is 21.7. The quantitative estimate of drug-likeness (QED) is 0.375. The summed E-state index contributed by atoms with van der Waals surface area (Å²) in [5.74, 6) is 1.27. The molecule has 1 heterocycles. The number of nitrogens with zero attached hydrogens (tertiary/aromatic N) is 2. The van der Waals surface area contributed by atoms with Crippen LogP contribution in [-0.4, -0.2) is 24.3 Å². The standard InChI is InChI=1S/C25H22ClFN2O3/c1-31-19-7-3-16(4-8-19)14-29(15-17-5-9-20(32-2)10-6-17)25-22(26)13-21-23(27)11-18(30)12-24(21)28-25/h3-13,30H,14-15H2,1-2H3. The Kier molecular flexibility index (Phi) is 6.32. The van der Waals surface area contributed by atoms with Crippen molar-refractivity contribution in [1.82, 2.24) is 4.98 Å². The number of benzene rings is 3. The molecule has 0 unspecified atom stereocenters. The molecular formula is C25H22ClFN2O3. The molecule has 0 spiro atoms. The summed E-state index contributed by atoms with van der Waals surface area (Å²) >= 11 is 6.56. The molecule has 0 saturated heterocycles. The molecule has 0 amide bonds. The predicted octanol–water partition coefficient (Wildman–Crippen LogP) is 5.96. The van der Waals surface area contributed by atoms with Crippen molar-refractivity contribution >= 4 is 28.3 Å². The second-order valence-corrected chi connectivity index (χ2v) is 7.75. The first-order chi connectivity index (χ1) is 15.5. The molecule has 7 heteroatoms. The highest BCUT2D eigenvalue weighted by atomic mass is 35.5. The van der Waals surface area contributed by atoms with Crippen molar-refractivity contribution < 1.29 is 19.0 Å². The Morgan fingerprint density at radius 3 is 1.91 bits per heavy atom. The lowest BCUT2D eigenvalue weighted by Gasteiger charge is -2.26. The highest BCUT2D eigenvalue weighted by Gasteiger charge is 2.17. The molecule has 164 valence electrons. The number of halogens is 2. The van der Waals surface area contributed by atoms with E-state index in [0.29, 0.717) is 29.4 Å². The fraction of sp³-hybridized carbons (Fsp3) is 0.160. The number of rotatable bonds is 7. The van der Waals surface area contributed by atoms with Gasteiger partial charge in [0, 0.05) is 30.6 Å². The number of fused-ring (bicyclic) bond motifs is 1. The first-order valence-electron chi connectivity index (χ1n) is 9.96. The highest BCUT2D eigenvalue weighted by Crippen LogP contribution is 2.33. The minimum absolute atomic E-state index is 0.187. The van der Waals surface area contributed by atoms with Gasteiger partial charge in [0.2, 0.25) is 0 Å². The summed E-state index contributed by atoms with van der Waals surface area (Å²) in [6.07, 6.45) is 0. The Bertz CT molecular complexity index is 1180. The third kappa shape index (κ3) is 4.70. The van der Waals surface area contributed by atoms with Gasteiger partial charge in [-0.1, -0.05) is 35.9 Å². The van der Waals surface area contributed by atoms with Crippen molar-refractivity contribution in [2.45, 2.75) is 13.1 Å². The van der Waals surface area contributed by atoms with E-state index in [4.69, 9.17) is 21.1 Å². The zero-order valence-electron chi connectivity index (χ0n) is 17.7. The normalized spacial score (nSPS) is 10.9. The lowest BCUT2D eigenvalue weighted by Crippen LogP contribution is -2.23. The molecule has 4 rings (SSSR count). The van der Waals surface area contributed by atoms with Crippen LogP contribution in [0, 0.1) is 5.82 Å². The van der Waals surface area contributed by atoms with Gasteiger partial charge in [-0.2, -0.15) is 0 Å². The van der Waals surface area contributed by atoms with Crippen molar-refractivity contribution in [3.8, 4) is 17.2 Å². The van der Waals surface area contributed by atoms with E-state index in [0.717, 1.165) is 28.7 Å². The number of anilines is 1. The van der Waals surface area contributed by atoms with Gasteiger partial charge >= 0.3 is 0 Å². The Hall–Kier alpha value is -3.51. The number of phenols is 1. The van der Waals surface area contributed by atoms with Gasteiger partial charge in [0.05, 0.1) is 24.8 Å². The average Bonchev–Trinajstić information content (AvgIpc) is 2.80. The molecule has 0 saturated carbocycles. The van der Waals surface area contributed by atoms with Gasteiger partial charge in [-0.05, 0) is 41.5 Å². The number of aromatic nitrogens is 1. The van der Waals surface area contributed by atoms with Gasteiger partial charge in [-0.3, -0.25) is 0 Å². The van der Waals surface area contributed by atoms with E-state index in [1.807, 2.05) is 53.4 Å². The van der Waals surface area contributed by atoms with Gasteiger partial charge in [0.15, 0.2) is 0 Å². The van der Waals surface area contributed by atoms with Crippen LogP contribution in [0.5, 0.6) is 17.2 Å². The number of hydrogen-bond acceptors (Lipinski definition) is 5. The maximum Gasteiger partial charge on any atom is 0.148 e. The van der Waals surface area contributed by atoms with Gasteiger partial charge in [-0.15, -0.1) is 0 Å². The number of hydrogen-bond donors (Lipinski definition) is 1. The molecule has 0 aliphatic rings. The molecule has 0 aliphatic carbocycles. The van der Waals surface area contributed by atoms with Crippen LogP contribution < -0.4 is 14.4 Å². The molecule has 1 N–H and O–H groups in total. The molecule has 0 fully saturated rings. The lowest BCUT2D eigenvalue weighted by molar-refractivity contribution is 0.414. The molecule has 1 aromatic heterocycles. The Balaban J connectivity index is 1.75. The molecular weight excluding hydrogens is 431 g/mol. The van der Waals surface area contributed by atoms with Crippen LogP contribution in [0.15, 0.2) is 66.7 Å². The largest absolute Gasteiger partial charge is 0.508 e. The Morgan fingerprint density at radius 1 is 0.875 bits per heavy atom. The molecule has 0 atom stereocenters. The van der Waals surface area contributed by atoms with Crippen LogP contribution in [0.4, 0.5) is 10.2 Å². The minimum Gasteiger partial charge on any atom is -0.508 e. The molecule has 32 heavy (non-hydrogen) atoms. The molecule has 4 aromatic rings. The van der Waals surface area contributed by atoms with E-state index in [2.05, 4.69) is 4.98 Å². The number of pyridine rings is 1. The van der Waals surface area contributed by atoms with Gasteiger partial charge in [0.1, 0.15) is 28.9 Å². The van der Waals surface area contributed by atoms with Crippen molar-refractivity contribution in [3.05, 3.63) is 88.7 Å². The van der Waals surface area contributed by atoms with E-state index in [1.165, 1.54) is 6.07 Å². The first-order valence-corrected chi connectivity index (χ1v) is 10.3. The second kappa shape index (κ2) is 9.32. The van der Waals surface area contributed by atoms with Gasteiger partial charge in [0.25, 0.3) is 0 Å². The maximum atomic E-state index is 14.3. The predicted molar refractivity (Wildman–Crippen MR) is 124 cm³/mol. The fourth-order valence-electron chi connectivity index (χ4n) is 3.51. The monoisotopic (exact) mass is 452 g/mol. The number of methoxy groups -OCH3 is 2. The average molecular weight is 453 g/mol. The molecule has 0 aliphatic heterocycles.